The second-order valence-electron chi connectivity index (χ2n) is 5.86. The van der Waals surface area contributed by atoms with E-state index in [2.05, 4.69) is 35.4 Å². The van der Waals surface area contributed by atoms with Crippen LogP contribution in [-0.4, -0.2) is 10.9 Å². The molecule has 0 atom stereocenters. The first-order valence-electron chi connectivity index (χ1n) is 7.95. The van der Waals surface area contributed by atoms with E-state index in [9.17, 15) is 4.79 Å². The van der Waals surface area contributed by atoms with Gasteiger partial charge in [-0.05, 0) is 31.0 Å². The summed E-state index contributed by atoms with van der Waals surface area (Å²) in [6.07, 6.45) is 0. The Morgan fingerprint density at radius 1 is 1.27 bits per heavy atom. The van der Waals surface area contributed by atoms with Gasteiger partial charge in [0.1, 0.15) is 10.7 Å². The lowest BCUT2D eigenvalue weighted by molar-refractivity contribution is 0.103. The molecule has 2 aromatic carbocycles. The minimum Gasteiger partial charge on any atom is -0.382 e. The lowest BCUT2D eigenvalue weighted by atomic mass is 10.2. The summed E-state index contributed by atoms with van der Waals surface area (Å²) in [5.74, 6) is 0.724. The van der Waals surface area contributed by atoms with E-state index in [1.54, 1.807) is 17.8 Å². The molecule has 26 heavy (non-hydrogen) atoms. The van der Waals surface area contributed by atoms with E-state index in [0.717, 1.165) is 15.7 Å². The van der Waals surface area contributed by atoms with Gasteiger partial charge in [0.25, 0.3) is 5.91 Å². The first-order valence-corrected chi connectivity index (χ1v) is 10.1. The number of hydrogen-bond acceptors (Lipinski definition) is 5. The Kier molecular flexibility index (Phi) is 5.86. The smallest absolute Gasteiger partial charge is 0.269 e. The summed E-state index contributed by atoms with van der Waals surface area (Å²) in [6.45, 7) is 3.95. The highest BCUT2D eigenvalue weighted by molar-refractivity contribution is 8.00. The first-order chi connectivity index (χ1) is 12.4. The van der Waals surface area contributed by atoms with Gasteiger partial charge in [-0.2, -0.15) is 0 Å². The predicted octanol–water partition coefficient (Wildman–Crippen LogP) is 5.54. The van der Waals surface area contributed by atoms with Gasteiger partial charge in [-0.25, -0.2) is 4.98 Å². The summed E-state index contributed by atoms with van der Waals surface area (Å²) in [6, 6.07) is 13.8. The average Bonchev–Trinajstić information content (AvgIpc) is 2.97. The fourth-order valence-electron chi connectivity index (χ4n) is 2.44. The number of benzene rings is 2. The van der Waals surface area contributed by atoms with Crippen LogP contribution >= 0.6 is 34.7 Å². The zero-order valence-corrected chi connectivity index (χ0v) is 16.8. The van der Waals surface area contributed by atoms with Crippen LogP contribution in [0.1, 0.15) is 26.4 Å². The second kappa shape index (κ2) is 8.12. The molecule has 3 aromatic rings. The fourth-order valence-corrected chi connectivity index (χ4v) is 4.62. The Labute approximate surface area is 165 Å². The van der Waals surface area contributed by atoms with Crippen LogP contribution < -0.4 is 11.1 Å². The number of carbonyl (C=O) groups is 1. The quantitative estimate of drug-likeness (QED) is 0.549. The minimum absolute atomic E-state index is 0.240. The molecule has 134 valence electrons. The van der Waals surface area contributed by atoms with Crippen molar-refractivity contribution in [2.75, 3.05) is 11.1 Å². The van der Waals surface area contributed by atoms with Gasteiger partial charge in [-0.3, -0.25) is 4.79 Å². The van der Waals surface area contributed by atoms with E-state index in [1.165, 1.54) is 22.5 Å². The van der Waals surface area contributed by atoms with Gasteiger partial charge in [0, 0.05) is 5.75 Å². The highest BCUT2D eigenvalue weighted by Crippen LogP contribution is 2.33. The Bertz CT molecular complexity index is 935. The number of nitrogen functional groups attached to an aromatic ring is 1. The Balaban J connectivity index is 1.72. The molecule has 0 aliphatic carbocycles. The maximum atomic E-state index is 12.6. The third-order valence-corrected chi connectivity index (χ3v) is 6.34. The molecule has 3 rings (SSSR count). The Hall–Kier alpha value is -2.02. The summed E-state index contributed by atoms with van der Waals surface area (Å²) in [7, 11) is 0. The summed E-state index contributed by atoms with van der Waals surface area (Å²) < 4.78 is 0.769. The van der Waals surface area contributed by atoms with E-state index in [-0.39, 0.29) is 11.7 Å². The molecular weight excluding hydrogens is 386 g/mol. The number of carbonyl (C=O) groups excluding carboxylic acids is 1. The van der Waals surface area contributed by atoms with E-state index in [1.807, 2.05) is 25.1 Å². The molecule has 7 heteroatoms. The number of anilines is 2. The van der Waals surface area contributed by atoms with Crippen LogP contribution in [-0.2, 0) is 5.75 Å². The lowest BCUT2D eigenvalue weighted by Gasteiger charge is -2.09. The number of aromatic nitrogens is 1. The number of nitrogens with two attached hydrogens (primary N) is 1. The van der Waals surface area contributed by atoms with Gasteiger partial charge in [-0.1, -0.05) is 65.3 Å². The normalized spacial score (nSPS) is 10.7. The topological polar surface area (TPSA) is 68.0 Å². The molecule has 1 amide bonds. The van der Waals surface area contributed by atoms with Crippen molar-refractivity contribution in [3.05, 3.63) is 69.1 Å². The largest absolute Gasteiger partial charge is 0.382 e. The minimum atomic E-state index is -0.293. The average molecular weight is 404 g/mol. The number of hydrogen-bond donors (Lipinski definition) is 2. The standard InChI is InChI=1S/C19H18ClN3OS2/c1-11-5-3-7-13(9-11)10-25-19-23-17(21)16(26-19)18(24)22-15-12(2)6-4-8-14(15)20/h3-9H,10,21H2,1-2H3,(H,22,24). The van der Waals surface area contributed by atoms with Gasteiger partial charge in [0.2, 0.25) is 0 Å². The number of nitrogens with one attached hydrogen (secondary N) is 1. The molecule has 1 aromatic heterocycles. The highest BCUT2D eigenvalue weighted by atomic mass is 35.5. The summed E-state index contributed by atoms with van der Waals surface area (Å²) in [5, 5.41) is 3.34. The highest BCUT2D eigenvalue weighted by Gasteiger charge is 2.18. The van der Waals surface area contributed by atoms with Crippen molar-refractivity contribution in [3.8, 4) is 0 Å². The van der Waals surface area contributed by atoms with Crippen molar-refractivity contribution in [3.63, 3.8) is 0 Å². The van der Waals surface area contributed by atoms with Crippen LogP contribution in [0.2, 0.25) is 5.02 Å². The van der Waals surface area contributed by atoms with Crippen molar-refractivity contribution >= 4 is 52.1 Å². The summed E-state index contributed by atoms with van der Waals surface area (Å²) >= 11 is 9.04. The Morgan fingerprint density at radius 3 is 2.77 bits per heavy atom. The summed E-state index contributed by atoms with van der Waals surface area (Å²) in [4.78, 5) is 17.3. The van der Waals surface area contributed by atoms with Crippen molar-refractivity contribution in [1.82, 2.24) is 4.98 Å². The van der Waals surface area contributed by atoms with Crippen molar-refractivity contribution < 1.29 is 4.79 Å². The number of thiazole rings is 1. The predicted molar refractivity (Wildman–Crippen MR) is 111 cm³/mol. The molecule has 0 fully saturated rings. The van der Waals surface area contributed by atoms with Crippen LogP contribution in [0.3, 0.4) is 0 Å². The van der Waals surface area contributed by atoms with Gasteiger partial charge in [0.15, 0.2) is 4.34 Å². The van der Waals surface area contributed by atoms with Crippen LogP contribution in [0.4, 0.5) is 11.5 Å². The van der Waals surface area contributed by atoms with Crippen LogP contribution in [0.25, 0.3) is 0 Å². The van der Waals surface area contributed by atoms with E-state index < -0.39 is 0 Å². The van der Waals surface area contributed by atoms with E-state index >= 15 is 0 Å². The molecule has 4 nitrogen and oxygen atoms in total. The molecular formula is C19H18ClN3OS2. The van der Waals surface area contributed by atoms with Crippen LogP contribution in [0.5, 0.6) is 0 Å². The third-order valence-electron chi connectivity index (χ3n) is 3.75. The van der Waals surface area contributed by atoms with Gasteiger partial charge in [-0.15, -0.1) is 11.3 Å². The second-order valence-corrected chi connectivity index (χ2v) is 8.49. The summed E-state index contributed by atoms with van der Waals surface area (Å²) in [5.41, 5.74) is 9.88. The molecule has 0 saturated carbocycles. The van der Waals surface area contributed by atoms with Crippen molar-refractivity contribution in [1.29, 1.82) is 0 Å². The number of aryl methyl sites for hydroxylation is 2. The van der Waals surface area contributed by atoms with Gasteiger partial charge < -0.3 is 11.1 Å². The molecule has 1 heterocycles. The maximum Gasteiger partial charge on any atom is 0.269 e. The third kappa shape index (κ3) is 4.38. The van der Waals surface area contributed by atoms with E-state index in [4.69, 9.17) is 17.3 Å². The van der Waals surface area contributed by atoms with Gasteiger partial charge in [0.05, 0.1) is 10.7 Å². The molecule has 3 N–H and O–H groups in total. The molecule has 0 bridgehead atoms. The molecule has 0 unspecified atom stereocenters. The SMILES string of the molecule is Cc1cccc(CSc2nc(N)c(C(=O)Nc3c(C)cccc3Cl)s2)c1. The van der Waals surface area contributed by atoms with E-state index in [0.29, 0.717) is 15.6 Å². The molecule has 0 aliphatic heterocycles. The number of para-hydroxylation sites is 1. The fraction of sp³-hybridized carbons (Fsp3) is 0.158. The number of halogens is 1. The van der Waals surface area contributed by atoms with Crippen LogP contribution in [0, 0.1) is 13.8 Å². The molecule has 0 saturated heterocycles. The maximum absolute atomic E-state index is 12.6. The number of nitrogens with zero attached hydrogens (tertiary/aromatic N) is 1. The molecule has 0 aliphatic rings. The number of amides is 1. The van der Waals surface area contributed by atoms with Crippen molar-refractivity contribution in [2.45, 2.75) is 23.9 Å². The van der Waals surface area contributed by atoms with Crippen LogP contribution in [0.15, 0.2) is 46.8 Å². The number of thioether (sulfide) groups is 1. The first kappa shape index (κ1) is 18.8. The zero-order chi connectivity index (χ0) is 18.7. The monoisotopic (exact) mass is 403 g/mol. The van der Waals surface area contributed by atoms with Crippen molar-refractivity contribution in [2.24, 2.45) is 0 Å². The molecule has 0 spiro atoms. The van der Waals surface area contributed by atoms with Gasteiger partial charge >= 0.3 is 0 Å². The lowest BCUT2D eigenvalue weighted by Crippen LogP contribution is -2.13. The Morgan fingerprint density at radius 2 is 2.04 bits per heavy atom. The molecule has 0 radical (unpaired) electrons. The zero-order valence-electron chi connectivity index (χ0n) is 14.4. The number of rotatable bonds is 5.